The minimum Gasteiger partial charge on any atom is -0.384 e. The van der Waals surface area contributed by atoms with Gasteiger partial charge in [0, 0.05) is 18.4 Å². The first-order valence-corrected chi connectivity index (χ1v) is 9.99. The second-order valence-electron chi connectivity index (χ2n) is 8.32. The van der Waals surface area contributed by atoms with Crippen molar-refractivity contribution in [3.8, 4) is 6.07 Å². The highest BCUT2D eigenvalue weighted by molar-refractivity contribution is 5.99. The lowest BCUT2D eigenvalue weighted by atomic mass is 10.0. The maximum Gasteiger partial charge on any atom is 0.292 e. The molecule has 0 aliphatic carbocycles. The lowest BCUT2D eigenvalue weighted by molar-refractivity contribution is -0.156. The second kappa shape index (κ2) is 8.55. The van der Waals surface area contributed by atoms with Gasteiger partial charge in [-0.05, 0) is 39.8 Å². The number of nitrogens with one attached hydrogen (secondary N) is 3. The number of nitrogens with zero attached hydrogens (tertiary/aromatic N) is 4. The molecule has 0 bridgehead atoms. The molecule has 0 spiro atoms. The van der Waals surface area contributed by atoms with Crippen molar-refractivity contribution in [2.75, 3.05) is 11.9 Å². The van der Waals surface area contributed by atoms with Crippen LogP contribution >= 0.6 is 0 Å². The first kappa shape index (κ1) is 23.1. The maximum atomic E-state index is 14.0. The number of fused-ring (bicyclic) bond motifs is 1. The number of nitriles is 1. The molecule has 0 radical (unpaired) electrons. The fourth-order valence-corrected chi connectivity index (χ4v) is 3.01. The van der Waals surface area contributed by atoms with E-state index >= 15 is 0 Å². The fourth-order valence-electron chi connectivity index (χ4n) is 3.01. The minimum absolute atomic E-state index is 0.0489. The highest BCUT2D eigenvalue weighted by Crippen LogP contribution is 2.30. The average Bonchev–Trinajstić information content (AvgIpc) is 3.13. The molecule has 3 rings (SSSR count). The first-order chi connectivity index (χ1) is 14.9. The molecule has 9 nitrogen and oxygen atoms in total. The third kappa shape index (κ3) is 4.70. The van der Waals surface area contributed by atoms with E-state index in [1.54, 1.807) is 23.4 Å². The molecule has 1 aromatic heterocycles. The van der Waals surface area contributed by atoms with Crippen LogP contribution in [0.3, 0.4) is 0 Å². The van der Waals surface area contributed by atoms with Gasteiger partial charge in [0.25, 0.3) is 11.8 Å². The molecule has 1 unspecified atom stereocenters. The van der Waals surface area contributed by atoms with Gasteiger partial charge in [-0.3, -0.25) is 9.78 Å². The monoisotopic (exact) mass is 445 g/mol. The van der Waals surface area contributed by atoms with E-state index in [1.807, 2.05) is 19.9 Å². The number of rotatable bonds is 7. The van der Waals surface area contributed by atoms with Crippen LogP contribution in [0.2, 0.25) is 0 Å². The molecule has 170 valence electrons. The van der Waals surface area contributed by atoms with Crippen LogP contribution < -0.4 is 16.0 Å². The quantitative estimate of drug-likeness (QED) is 0.506. The first-order valence-electron chi connectivity index (χ1n) is 9.99. The van der Waals surface area contributed by atoms with Crippen molar-refractivity contribution in [1.82, 2.24) is 20.6 Å². The lowest BCUT2D eigenvalue weighted by Gasteiger charge is -2.29. The van der Waals surface area contributed by atoms with Crippen molar-refractivity contribution < 1.29 is 18.7 Å². The smallest absolute Gasteiger partial charge is 0.292 e. The molecule has 2 aliphatic rings. The second-order valence-corrected chi connectivity index (χ2v) is 8.32. The van der Waals surface area contributed by atoms with Gasteiger partial charge in [0.1, 0.15) is 23.5 Å². The fraction of sp³-hybridized carbons (Fsp3) is 0.429. The van der Waals surface area contributed by atoms with Gasteiger partial charge in [-0.1, -0.05) is 0 Å². The Morgan fingerprint density at radius 3 is 2.78 bits per heavy atom. The van der Waals surface area contributed by atoms with E-state index in [0.717, 1.165) is 13.8 Å². The maximum absolute atomic E-state index is 14.0. The van der Waals surface area contributed by atoms with Crippen LogP contribution in [-0.2, 0) is 0 Å². The van der Waals surface area contributed by atoms with Gasteiger partial charge in [0.05, 0.1) is 35.3 Å². The van der Waals surface area contributed by atoms with Gasteiger partial charge in [-0.25, -0.2) is 13.8 Å². The van der Waals surface area contributed by atoms with E-state index in [1.165, 1.54) is 12.4 Å². The number of carbonyl (C=O) groups excluding carboxylic acids is 1. The number of hydrazone groups is 1. The average molecular weight is 445 g/mol. The predicted octanol–water partition coefficient (Wildman–Crippen LogP) is 2.02. The number of carbonyl (C=O) groups is 1. The summed E-state index contributed by atoms with van der Waals surface area (Å²) in [5.74, 6) is -4.26. The lowest BCUT2D eigenvalue weighted by Crippen LogP contribution is -2.50. The largest absolute Gasteiger partial charge is 0.384 e. The van der Waals surface area contributed by atoms with E-state index in [0.29, 0.717) is 22.7 Å². The van der Waals surface area contributed by atoms with Gasteiger partial charge in [0.2, 0.25) is 0 Å². The molecule has 2 aliphatic heterocycles. The molecular formula is C21H25F2N7O2. The number of amides is 1. The number of halogens is 2. The predicted molar refractivity (Wildman–Crippen MR) is 116 cm³/mol. The van der Waals surface area contributed by atoms with E-state index in [9.17, 15) is 18.7 Å². The van der Waals surface area contributed by atoms with E-state index in [-0.39, 0.29) is 17.8 Å². The van der Waals surface area contributed by atoms with Crippen molar-refractivity contribution in [1.29, 1.82) is 5.26 Å². The van der Waals surface area contributed by atoms with Gasteiger partial charge in [-0.2, -0.15) is 10.4 Å². The molecular weight excluding hydrogens is 420 g/mol. The van der Waals surface area contributed by atoms with Crippen molar-refractivity contribution in [2.45, 2.75) is 51.4 Å². The summed E-state index contributed by atoms with van der Waals surface area (Å²) in [6.45, 7) is 4.69. The standard InChI is InChI=1S/C21H25F2N7O2/c1-12(2)29-15-6-16(17-10-26-18-5-13(7-24)8-28-30(17)18)25-9-14(15)19(31)27-11-21(22,23)20(3,4)32/h5-6,8-10,12,18,26,32H,11H2,1-4H3,(H,25,29)(H,27,31). The highest BCUT2D eigenvalue weighted by Gasteiger charge is 2.45. The molecule has 0 saturated carbocycles. The van der Waals surface area contributed by atoms with E-state index in [2.05, 4.69) is 26.0 Å². The summed E-state index contributed by atoms with van der Waals surface area (Å²) in [6.07, 6.45) is 5.82. The van der Waals surface area contributed by atoms with Crippen molar-refractivity contribution in [2.24, 2.45) is 5.10 Å². The summed E-state index contributed by atoms with van der Waals surface area (Å²) in [5, 5.41) is 33.0. The zero-order chi connectivity index (χ0) is 23.7. The van der Waals surface area contributed by atoms with Gasteiger partial charge >= 0.3 is 0 Å². The zero-order valence-corrected chi connectivity index (χ0v) is 18.1. The van der Waals surface area contributed by atoms with Crippen LogP contribution in [0.5, 0.6) is 0 Å². The number of anilines is 1. The number of aromatic nitrogens is 1. The van der Waals surface area contributed by atoms with Gasteiger partial charge < -0.3 is 21.1 Å². The van der Waals surface area contributed by atoms with Crippen LogP contribution in [0, 0.1) is 11.3 Å². The van der Waals surface area contributed by atoms with Crippen LogP contribution in [0.15, 0.2) is 35.2 Å². The number of pyridine rings is 1. The Balaban J connectivity index is 1.84. The van der Waals surface area contributed by atoms with Crippen molar-refractivity contribution in [3.05, 3.63) is 41.4 Å². The molecule has 0 aromatic carbocycles. The van der Waals surface area contributed by atoms with E-state index < -0.39 is 24.0 Å². The SMILES string of the molecule is CC(C)Nc1cc(C2=CNC3C=C(C#N)C=NN23)ncc1C(=O)NCC(F)(F)C(C)(C)O. The summed E-state index contributed by atoms with van der Waals surface area (Å²) in [6, 6.07) is 3.62. The Kier molecular flexibility index (Phi) is 6.18. The number of allylic oxidation sites excluding steroid dienone is 1. The molecule has 4 N–H and O–H groups in total. The minimum atomic E-state index is -3.51. The summed E-state index contributed by atoms with van der Waals surface area (Å²) >= 11 is 0. The third-order valence-corrected chi connectivity index (χ3v) is 4.91. The Morgan fingerprint density at radius 2 is 2.16 bits per heavy atom. The molecule has 0 fully saturated rings. The van der Waals surface area contributed by atoms with Crippen LogP contribution in [0.25, 0.3) is 5.70 Å². The van der Waals surface area contributed by atoms with Crippen LogP contribution in [0.4, 0.5) is 14.5 Å². The molecule has 1 aromatic rings. The molecule has 1 amide bonds. The van der Waals surface area contributed by atoms with E-state index in [4.69, 9.17) is 5.26 Å². The summed E-state index contributed by atoms with van der Waals surface area (Å²) < 4.78 is 28.1. The molecule has 11 heteroatoms. The molecule has 0 saturated heterocycles. The van der Waals surface area contributed by atoms with Gasteiger partial charge in [-0.15, -0.1) is 0 Å². The Bertz CT molecular complexity index is 1040. The topological polar surface area (TPSA) is 126 Å². The Hall–Kier alpha value is -3.52. The van der Waals surface area contributed by atoms with Crippen molar-refractivity contribution in [3.63, 3.8) is 0 Å². The molecule has 32 heavy (non-hydrogen) atoms. The normalized spacial score (nSPS) is 17.8. The number of aliphatic hydroxyl groups is 1. The summed E-state index contributed by atoms with van der Waals surface area (Å²) in [4.78, 5) is 17.0. The molecule has 1 atom stereocenters. The number of hydrogen-bond acceptors (Lipinski definition) is 8. The van der Waals surface area contributed by atoms with Crippen LogP contribution in [0.1, 0.15) is 43.7 Å². The molecule has 3 heterocycles. The summed E-state index contributed by atoms with van der Waals surface area (Å²) in [5.41, 5.74) is -0.245. The van der Waals surface area contributed by atoms with Crippen molar-refractivity contribution >= 4 is 23.5 Å². The van der Waals surface area contributed by atoms with Crippen LogP contribution in [-0.4, -0.2) is 57.5 Å². The zero-order valence-electron chi connectivity index (χ0n) is 18.1. The number of hydrogen-bond donors (Lipinski definition) is 4. The summed E-state index contributed by atoms with van der Waals surface area (Å²) in [7, 11) is 0. The highest BCUT2D eigenvalue weighted by atomic mass is 19.3. The third-order valence-electron chi connectivity index (χ3n) is 4.91. The number of alkyl halides is 2. The Morgan fingerprint density at radius 1 is 1.44 bits per heavy atom. The Labute approximate surface area is 184 Å². The van der Waals surface area contributed by atoms with Gasteiger partial charge in [0.15, 0.2) is 0 Å².